The zero-order valence-corrected chi connectivity index (χ0v) is 24.3. The molecule has 0 aliphatic carbocycles. The minimum absolute atomic E-state index is 0. The summed E-state index contributed by atoms with van der Waals surface area (Å²) in [6.07, 6.45) is 6.70. The van der Waals surface area contributed by atoms with Crippen LogP contribution in [0.3, 0.4) is 0 Å². The van der Waals surface area contributed by atoms with Crippen LogP contribution >= 0.6 is 0 Å². The second-order valence-electron chi connectivity index (χ2n) is 11.0. The minimum atomic E-state index is -0.220. The molecule has 1 amide bonds. The van der Waals surface area contributed by atoms with Crippen LogP contribution in [0.25, 0.3) is 5.70 Å². The summed E-state index contributed by atoms with van der Waals surface area (Å²) in [6, 6.07) is 11.1. The first kappa shape index (κ1) is 30.1. The number of hydrogen-bond donors (Lipinski definition) is 4. The van der Waals surface area contributed by atoms with Gasteiger partial charge in [0.2, 0.25) is 0 Å². The number of anilines is 1. The smallest absolute Gasteiger partial charge is 0.256 e. The van der Waals surface area contributed by atoms with Gasteiger partial charge in [0.1, 0.15) is 17.4 Å². The summed E-state index contributed by atoms with van der Waals surface area (Å²) in [6.45, 7) is 14.2. The van der Waals surface area contributed by atoms with Gasteiger partial charge < -0.3 is 31.7 Å². The molecule has 1 aromatic heterocycles. The molecular weight excluding hydrogens is 516 g/mol. The molecule has 0 radical (unpaired) electrons. The van der Waals surface area contributed by atoms with Gasteiger partial charge in [-0.1, -0.05) is 19.1 Å². The number of nitrogens with two attached hydrogens (primary N) is 2. The molecule has 0 spiro atoms. The summed E-state index contributed by atoms with van der Waals surface area (Å²) in [4.78, 5) is 27.9. The lowest BCUT2D eigenvalue weighted by atomic mass is 9.97. The van der Waals surface area contributed by atoms with Gasteiger partial charge in [-0.05, 0) is 88.7 Å². The number of benzene rings is 1. The Kier molecular flexibility index (Phi) is 10.0. The summed E-state index contributed by atoms with van der Waals surface area (Å²) in [5.74, 6) is 1.23. The number of nitrogens with one attached hydrogen (secondary N) is 2. The number of piperidine rings is 1. The van der Waals surface area contributed by atoms with Crippen LogP contribution in [0.2, 0.25) is 0 Å². The van der Waals surface area contributed by atoms with Crippen molar-refractivity contribution in [3.8, 4) is 0 Å². The van der Waals surface area contributed by atoms with Crippen LogP contribution in [-0.2, 0) is 11.2 Å². The zero-order valence-electron chi connectivity index (χ0n) is 24.3. The van der Waals surface area contributed by atoms with Crippen molar-refractivity contribution >= 4 is 30.0 Å². The van der Waals surface area contributed by atoms with E-state index in [-0.39, 0.29) is 11.4 Å². The maximum atomic E-state index is 12.8. The number of amides is 1. The second-order valence-corrected chi connectivity index (χ2v) is 11.0. The first-order valence-electron chi connectivity index (χ1n) is 14.1. The fourth-order valence-electron chi connectivity index (χ4n) is 4.89. The van der Waals surface area contributed by atoms with Gasteiger partial charge in [0.25, 0.3) is 5.91 Å². The van der Waals surface area contributed by atoms with Gasteiger partial charge in [0.15, 0.2) is 0 Å². The molecule has 2 saturated heterocycles. The van der Waals surface area contributed by atoms with E-state index >= 15 is 0 Å². The second kappa shape index (κ2) is 13.7. The average Bonchev–Trinajstić information content (AvgIpc) is 2.97. The van der Waals surface area contributed by atoms with E-state index < -0.39 is 0 Å². The Balaban J connectivity index is 0.000000572. The number of aromatic nitrogens is 1. The first-order chi connectivity index (χ1) is 19.7. The quantitative estimate of drug-likeness (QED) is 0.381. The van der Waals surface area contributed by atoms with Crippen LogP contribution < -0.4 is 22.1 Å². The highest BCUT2D eigenvalue weighted by Crippen LogP contribution is 2.30. The third-order valence-electron chi connectivity index (χ3n) is 7.31. The van der Waals surface area contributed by atoms with Crippen molar-refractivity contribution in [1.82, 2.24) is 15.2 Å². The molecular formula is C31H42N8O2. The Morgan fingerprint density at radius 3 is 2.56 bits per heavy atom. The van der Waals surface area contributed by atoms with E-state index in [0.717, 1.165) is 74.6 Å². The van der Waals surface area contributed by atoms with Crippen LogP contribution in [0.5, 0.6) is 0 Å². The Hall–Kier alpha value is -3.86. The Bertz CT molecular complexity index is 1320. The first-order valence-corrected chi connectivity index (χ1v) is 14.1. The highest BCUT2D eigenvalue weighted by molar-refractivity contribution is 6.06. The zero-order chi connectivity index (χ0) is 29.4. The van der Waals surface area contributed by atoms with Crippen LogP contribution in [0.15, 0.2) is 70.2 Å². The topological polar surface area (TPSA) is 143 Å². The lowest BCUT2D eigenvalue weighted by molar-refractivity contribution is -0.0433. The highest BCUT2D eigenvalue weighted by Gasteiger charge is 2.28. The molecule has 6 N–H and O–H groups in total. The van der Waals surface area contributed by atoms with E-state index in [1.165, 1.54) is 0 Å². The SMILES string of the molecule is C=N/C(=C1/C(N)=NC=C(C)N1C[C@@H]1CCCNC1)c1ccc(C(=O)Nc2cc(CC)ccn2)cc1.CC1(N)COC1. The summed E-state index contributed by atoms with van der Waals surface area (Å²) >= 11 is 0. The van der Waals surface area contributed by atoms with E-state index in [9.17, 15) is 4.79 Å². The number of rotatable bonds is 7. The summed E-state index contributed by atoms with van der Waals surface area (Å²) in [5.41, 5.74) is 16.7. The molecule has 3 aliphatic rings. The lowest BCUT2D eigenvalue weighted by Gasteiger charge is -2.35. The summed E-state index contributed by atoms with van der Waals surface area (Å²) < 4.78 is 4.81. The fraction of sp³-hybridized carbons (Fsp3) is 0.419. The molecule has 1 aromatic carbocycles. The molecule has 2 aromatic rings. The van der Waals surface area contributed by atoms with Crippen LogP contribution in [0.4, 0.5) is 5.82 Å². The van der Waals surface area contributed by atoms with Gasteiger partial charge in [0.05, 0.1) is 24.4 Å². The Labute approximate surface area is 242 Å². The molecule has 1 atom stereocenters. The van der Waals surface area contributed by atoms with E-state index in [2.05, 4.69) is 44.1 Å². The predicted octanol–water partition coefficient (Wildman–Crippen LogP) is 3.53. The van der Waals surface area contributed by atoms with Gasteiger partial charge in [-0.2, -0.15) is 0 Å². The van der Waals surface area contributed by atoms with Gasteiger partial charge in [0, 0.05) is 35.8 Å². The molecule has 4 heterocycles. The number of aliphatic imine (C=N–C) groups is 2. The monoisotopic (exact) mass is 558 g/mol. The standard InChI is InChI=1S/C27H33N7O.C4H9NO/c1-4-19-11-13-31-23(14-19)33-27(35)22-9-7-21(8-10-22)24(29-3)25-26(28)32-15-18(2)34(25)17-20-6-5-12-30-16-20;1-4(5)2-6-3-4/h7-11,13-15,20,30H,3-6,12,16-17H2,1-2H3,(H2,28,32)(H,31,33,35);2-3,5H2,1H3/b25-24-;/t20-;/m1./s1. The summed E-state index contributed by atoms with van der Waals surface area (Å²) in [5, 5.41) is 6.34. The van der Waals surface area contributed by atoms with Crippen molar-refractivity contribution in [3.63, 3.8) is 0 Å². The molecule has 3 aliphatic heterocycles. The molecule has 10 nitrogen and oxygen atoms in total. The number of allylic oxidation sites excluding steroid dienone is 1. The fourth-order valence-corrected chi connectivity index (χ4v) is 4.89. The number of hydrogen-bond acceptors (Lipinski definition) is 9. The molecule has 2 fully saturated rings. The highest BCUT2D eigenvalue weighted by atomic mass is 16.5. The number of nitrogens with zero attached hydrogens (tertiary/aromatic N) is 4. The molecule has 10 heteroatoms. The summed E-state index contributed by atoms with van der Waals surface area (Å²) in [7, 11) is 0. The van der Waals surface area contributed by atoms with Crippen molar-refractivity contribution in [2.24, 2.45) is 27.4 Å². The van der Waals surface area contributed by atoms with E-state index in [4.69, 9.17) is 16.2 Å². The number of amidine groups is 1. The average molecular weight is 559 g/mol. The number of carbonyl (C=O) groups excluding carboxylic acids is 1. The third-order valence-corrected chi connectivity index (χ3v) is 7.31. The number of ether oxygens (including phenoxy) is 1. The molecule has 218 valence electrons. The molecule has 41 heavy (non-hydrogen) atoms. The number of pyridine rings is 1. The van der Waals surface area contributed by atoms with E-state index in [1.54, 1.807) is 24.5 Å². The minimum Gasteiger partial charge on any atom is -0.382 e. The van der Waals surface area contributed by atoms with Gasteiger partial charge in [-0.15, -0.1) is 0 Å². The molecule has 0 bridgehead atoms. The number of aryl methyl sites for hydroxylation is 1. The van der Waals surface area contributed by atoms with Crippen molar-refractivity contribution in [2.75, 3.05) is 38.2 Å². The normalized spacial score (nSPS) is 20.9. The van der Waals surface area contributed by atoms with Crippen molar-refractivity contribution in [3.05, 3.63) is 76.9 Å². The Morgan fingerprint density at radius 1 is 1.27 bits per heavy atom. The van der Waals surface area contributed by atoms with Crippen LogP contribution in [-0.4, -0.2) is 66.7 Å². The van der Waals surface area contributed by atoms with Crippen LogP contribution in [0.1, 0.15) is 55.1 Å². The van der Waals surface area contributed by atoms with E-state index in [0.29, 0.717) is 28.8 Å². The lowest BCUT2D eigenvalue weighted by Crippen LogP contribution is -2.54. The third kappa shape index (κ3) is 7.87. The molecule has 0 unspecified atom stereocenters. The van der Waals surface area contributed by atoms with E-state index in [1.807, 2.05) is 38.1 Å². The van der Waals surface area contributed by atoms with Crippen LogP contribution in [0, 0.1) is 5.92 Å². The van der Waals surface area contributed by atoms with Gasteiger partial charge >= 0.3 is 0 Å². The maximum Gasteiger partial charge on any atom is 0.256 e. The van der Waals surface area contributed by atoms with Crippen molar-refractivity contribution in [2.45, 2.75) is 45.6 Å². The predicted molar refractivity (Wildman–Crippen MR) is 166 cm³/mol. The number of carbonyl (C=O) groups is 1. The largest absolute Gasteiger partial charge is 0.382 e. The van der Waals surface area contributed by atoms with Crippen molar-refractivity contribution < 1.29 is 9.53 Å². The van der Waals surface area contributed by atoms with Gasteiger partial charge in [-0.25, -0.2) is 9.98 Å². The van der Waals surface area contributed by atoms with Gasteiger partial charge in [-0.3, -0.25) is 9.79 Å². The maximum absolute atomic E-state index is 12.8. The van der Waals surface area contributed by atoms with Crippen molar-refractivity contribution in [1.29, 1.82) is 0 Å². The Morgan fingerprint density at radius 2 is 1.98 bits per heavy atom. The molecule has 5 rings (SSSR count). The molecule has 0 saturated carbocycles.